The van der Waals surface area contributed by atoms with Crippen molar-refractivity contribution in [1.82, 2.24) is 9.97 Å². The van der Waals surface area contributed by atoms with Crippen LogP contribution in [0.3, 0.4) is 0 Å². The zero-order valence-corrected chi connectivity index (χ0v) is 13.9. The summed E-state index contributed by atoms with van der Waals surface area (Å²) < 4.78 is 0. The predicted octanol–water partition coefficient (Wildman–Crippen LogP) is 2.95. The summed E-state index contributed by atoms with van der Waals surface area (Å²) in [6.07, 6.45) is 5.75. The van der Waals surface area contributed by atoms with Crippen LogP contribution in [-0.4, -0.2) is 21.0 Å². The van der Waals surface area contributed by atoms with E-state index in [1.165, 1.54) is 12.3 Å². The maximum atomic E-state index is 10.1. The molecule has 2 heterocycles. The first kappa shape index (κ1) is 19.6. The topological polar surface area (TPSA) is 63.1 Å². The molecular formula is C17H13IrN2O2. The zero-order valence-electron chi connectivity index (χ0n) is 11.5. The smallest absolute Gasteiger partial charge is 0.533 e. The molecule has 0 unspecified atom stereocenters. The van der Waals surface area contributed by atoms with E-state index >= 15 is 0 Å². The summed E-state index contributed by atoms with van der Waals surface area (Å²) in [5.41, 5.74) is -0.0440. The molecule has 3 rings (SSSR count). The van der Waals surface area contributed by atoms with E-state index in [-0.39, 0.29) is 25.8 Å². The second-order valence-electron chi connectivity index (χ2n) is 3.47. The first-order valence-electron chi connectivity index (χ1n) is 6.05. The number of hydrogen-bond acceptors (Lipinski definition) is 3. The van der Waals surface area contributed by atoms with Gasteiger partial charge in [0.1, 0.15) is 0 Å². The third-order valence-electron chi connectivity index (χ3n) is 1.93. The summed E-state index contributed by atoms with van der Waals surface area (Å²) in [6, 6.07) is 23.6. The van der Waals surface area contributed by atoms with Crippen LogP contribution in [0.5, 0.6) is 0 Å². The van der Waals surface area contributed by atoms with Gasteiger partial charge >= 0.3 is 20.1 Å². The Morgan fingerprint density at radius 3 is 1.86 bits per heavy atom. The van der Waals surface area contributed by atoms with E-state index in [1.54, 1.807) is 18.3 Å². The molecule has 0 aliphatic rings. The second-order valence-corrected chi connectivity index (χ2v) is 3.47. The van der Waals surface area contributed by atoms with Crippen molar-refractivity contribution in [3.63, 3.8) is 0 Å². The van der Waals surface area contributed by atoms with E-state index in [9.17, 15) is 4.79 Å². The first-order chi connectivity index (χ1) is 10.3. The molecule has 22 heavy (non-hydrogen) atoms. The predicted molar refractivity (Wildman–Crippen MR) is 78.4 cm³/mol. The van der Waals surface area contributed by atoms with Gasteiger partial charge in [-0.05, 0) is 6.20 Å². The monoisotopic (exact) mass is 470 g/mol. The average molecular weight is 470 g/mol. The number of benzene rings is 1. The van der Waals surface area contributed by atoms with E-state index in [4.69, 9.17) is 5.11 Å². The van der Waals surface area contributed by atoms with Gasteiger partial charge in [-0.3, -0.25) is 4.98 Å². The summed E-state index contributed by atoms with van der Waals surface area (Å²) in [4.78, 5) is 17.3. The van der Waals surface area contributed by atoms with Crippen LogP contribution in [0.25, 0.3) is 0 Å². The molecule has 0 saturated heterocycles. The number of carboxylic acids is 1. The molecule has 0 fully saturated rings. The van der Waals surface area contributed by atoms with Crippen LogP contribution in [0.1, 0.15) is 10.5 Å². The Bertz CT molecular complexity index is 508. The normalized spacial score (nSPS) is 8.00. The number of pyridine rings is 2. The van der Waals surface area contributed by atoms with Crippen LogP contribution in [0, 0.1) is 18.3 Å². The van der Waals surface area contributed by atoms with Crippen LogP contribution in [0.2, 0.25) is 0 Å². The summed E-state index contributed by atoms with van der Waals surface area (Å²) in [6.45, 7) is 0. The summed E-state index contributed by atoms with van der Waals surface area (Å²) in [7, 11) is 0. The number of carboxylic acid groups (broad SMARTS) is 1. The van der Waals surface area contributed by atoms with Crippen LogP contribution in [0.4, 0.5) is 0 Å². The van der Waals surface area contributed by atoms with Gasteiger partial charge in [0.05, 0.1) is 0 Å². The fourth-order valence-corrected chi connectivity index (χ4v) is 1.06. The van der Waals surface area contributed by atoms with Crippen molar-refractivity contribution < 1.29 is 30.0 Å². The number of hydrogen-bond donors (Lipinski definition) is 1. The fourth-order valence-electron chi connectivity index (χ4n) is 1.06. The molecule has 4 nitrogen and oxygen atoms in total. The number of carbonyl (C=O) groups is 1. The average Bonchev–Trinajstić information content (AvgIpc) is 2.60. The standard InChI is InChI=1S/C6H4NO2.C6H5.C5H4N.Ir/c8-6(9)5-3-1-2-4-7-5;2*1-2-4-6-5-3-1;/h1-2,4H,(H,8,9);1-5H;1-4H;/q3*-1;+3. The Balaban J connectivity index is 0.000000303. The molecule has 0 bridgehead atoms. The zero-order chi connectivity index (χ0) is 15.2. The van der Waals surface area contributed by atoms with Crippen molar-refractivity contribution in [3.8, 4) is 0 Å². The van der Waals surface area contributed by atoms with E-state index in [1.807, 2.05) is 42.5 Å². The van der Waals surface area contributed by atoms with Gasteiger partial charge in [-0.25, -0.2) is 0 Å². The van der Waals surface area contributed by atoms with Crippen LogP contribution in [-0.2, 0) is 20.1 Å². The third-order valence-corrected chi connectivity index (χ3v) is 1.93. The van der Waals surface area contributed by atoms with E-state index in [0.29, 0.717) is 0 Å². The minimum absolute atomic E-state index is 0. The van der Waals surface area contributed by atoms with Gasteiger partial charge in [-0.2, -0.15) is 60.7 Å². The Kier molecular flexibility index (Phi) is 12.2. The largest absolute Gasteiger partial charge is 3.00 e. The van der Waals surface area contributed by atoms with Gasteiger partial charge in [-0.15, -0.1) is 12.1 Å². The molecule has 0 aliphatic heterocycles. The van der Waals surface area contributed by atoms with E-state index in [2.05, 4.69) is 28.3 Å². The fraction of sp³-hybridized carbons (Fsp3) is 0. The quantitative estimate of drug-likeness (QED) is 0.557. The van der Waals surface area contributed by atoms with Gasteiger partial charge in [0.15, 0.2) is 0 Å². The molecule has 5 heteroatoms. The Morgan fingerprint density at radius 2 is 1.64 bits per heavy atom. The molecule has 0 saturated carbocycles. The van der Waals surface area contributed by atoms with Gasteiger partial charge < -0.3 is 14.9 Å². The summed E-state index contributed by atoms with van der Waals surface area (Å²) in [5, 5.41) is 8.29. The molecule has 0 aliphatic carbocycles. The second kappa shape index (κ2) is 13.6. The summed E-state index contributed by atoms with van der Waals surface area (Å²) in [5.74, 6) is -1.05. The van der Waals surface area contributed by atoms with Crippen molar-refractivity contribution in [1.29, 1.82) is 0 Å². The Morgan fingerprint density at radius 1 is 0.909 bits per heavy atom. The molecule has 0 spiro atoms. The summed E-state index contributed by atoms with van der Waals surface area (Å²) >= 11 is 0. The number of nitrogens with zero attached hydrogens (tertiary/aromatic N) is 2. The van der Waals surface area contributed by atoms with Crippen molar-refractivity contribution in [2.45, 2.75) is 0 Å². The third kappa shape index (κ3) is 10.4. The maximum Gasteiger partial charge on any atom is 3.00 e. The molecule has 1 aromatic carbocycles. The number of rotatable bonds is 1. The van der Waals surface area contributed by atoms with E-state index < -0.39 is 5.97 Å². The molecule has 0 atom stereocenters. The van der Waals surface area contributed by atoms with Crippen LogP contribution in [0.15, 0.2) is 73.1 Å². The van der Waals surface area contributed by atoms with Crippen molar-refractivity contribution in [2.75, 3.05) is 0 Å². The molecule has 0 radical (unpaired) electrons. The van der Waals surface area contributed by atoms with Gasteiger partial charge in [0.25, 0.3) is 0 Å². The number of aromatic nitrogens is 2. The van der Waals surface area contributed by atoms with E-state index in [0.717, 1.165) is 0 Å². The maximum absolute atomic E-state index is 10.1. The van der Waals surface area contributed by atoms with Crippen molar-refractivity contribution in [3.05, 3.63) is 97.1 Å². The van der Waals surface area contributed by atoms with Gasteiger partial charge in [0, 0.05) is 5.69 Å². The Hall–Kier alpha value is -2.36. The minimum Gasteiger partial charge on any atom is -0.533 e. The molecule has 3 aromatic rings. The van der Waals surface area contributed by atoms with Crippen LogP contribution >= 0.6 is 0 Å². The molecule has 0 amide bonds. The number of aromatic carboxylic acids is 1. The first-order valence-corrected chi connectivity index (χ1v) is 6.05. The molecule has 112 valence electrons. The van der Waals surface area contributed by atoms with Crippen molar-refractivity contribution in [2.24, 2.45) is 0 Å². The van der Waals surface area contributed by atoms with Crippen LogP contribution < -0.4 is 0 Å². The van der Waals surface area contributed by atoms with Gasteiger partial charge in [0.2, 0.25) is 5.97 Å². The Labute approximate surface area is 143 Å². The van der Waals surface area contributed by atoms with Gasteiger partial charge in [-0.1, -0.05) is 12.4 Å². The molecule has 1 N–H and O–H groups in total. The molecule has 2 aromatic heterocycles. The molecular weight excluding hydrogens is 456 g/mol. The SMILES string of the molecule is O=C(O)c1[c-]cccn1.[Ir+3].[c-]1ccccc1.[c-]1ccccn1. The van der Waals surface area contributed by atoms with Crippen molar-refractivity contribution >= 4 is 5.97 Å². The minimum atomic E-state index is -1.05.